The minimum absolute atomic E-state index is 0. The lowest BCUT2D eigenvalue weighted by Gasteiger charge is -2.39. The molecule has 156 valence electrons. The van der Waals surface area contributed by atoms with Crippen LogP contribution < -0.4 is 5.32 Å². The molecule has 0 radical (unpaired) electrons. The number of fused-ring (bicyclic) bond motifs is 1. The number of guanidine groups is 1. The average molecular weight is 510 g/mol. The number of rotatable bonds is 3. The minimum atomic E-state index is -4.19. The summed E-state index contributed by atoms with van der Waals surface area (Å²) in [7, 11) is 1.68. The van der Waals surface area contributed by atoms with E-state index in [0.29, 0.717) is 38.7 Å². The summed E-state index contributed by atoms with van der Waals surface area (Å²) in [6.07, 6.45) is -0.265. The second kappa shape index (κ2) is 9.29. The minimum Gasteiger partial charge on any atom is -0.351 e. The zero-order valence-electron chi connectivity index (χ0n) is 16.2. The highest BCUT2D eigenvalue weighted by atomic mass is 127. The molecule has 3 rings (SSSR count). The monoisotopic (exact) mass is 510 g/mol. The summed E-state index contributed by atoms with van der Waals surface area (Å²) in [4.78, 5) is 12.3. The molecule has 1 saturated heterocycles. The molecule has 1 fully saturated rings. The first-order valence-electron chi connectivity index (χ1n) is 8.98. The number of piperazine rings is 1. The van der Waals surface area contributed by atoms with Crippen molar-refractivity contribution in [3.05, 3.63) is 35.8 Å². The van der Waals surface area contributed by atoms with Gasteiger partial charge in [0.2, 0.25) is 0 Å². The van der Waals surface area contributed by atoms with E-state index in [-0.39, 0.29) is 24.0 Å². The zero-order valence-corrected chi connectivity index (χ0v) is 18.5. The third-order valence-corrected chi connectivity index (χ3v) is 4.94. The fraction of sp³-hybridized carbons (Fsp3) is 0.556. The van der Waals surface area contributed by atoms with Crippen LogP contribution in [0.2, 0.25) is 0 Å². The van der Waals surface area contributed by atoms with Crippen molar-refractivity contribution >= 4 is 35.6 Å². The number of aryl methyl sites for hydroxylation is 1. The van der Waals surface area contributed by atoms with Crippen LogP contribution in [0.25, 0.3) is 5.65 Å². The van der Waals surface area contributed by atoms with Crippen LogP contribution in [0.1, 0.15) is 18.2 Å². The van der Waals surface area contributed by atoms with Crippen LogP contribution in [0.15, 0.2) is 29.5 Å². The van der Waals surface area contributed by atoms with E-state index in [9.17, 15) is 13.2 Å². The molecular weight excluding hydrogens is 484 g/mol. The molecule has 3 heterocycles. The van der Waals surface area contributed by atoms with Gasteiger partial charge in [0.15, 0.2) is 5.96 Å². The molecule has 2 aromatic heterocycles. The first-order valence-corrected chi connectivity index (χ1v) is 8.98. The van der Waals surface area contributed by atoms with Crippen molar-refractivity contribution in [3.63, 3.8) is 0 Å². The molecule has 0 saturated carbocycles. The summed E-state index contributed by atoms with van der Waals surface area (Å²) in [5.41, 5.74) is 2.91. The lowest BCUT2D eigenvalue weighted by atomic mass is 10.2. The number of hydrogen-bond acceptors (Lipinski definition) is 3. The number of alkyl halides is 3. The fourth-order valence-electron chi connectivity index (χ4n) is 3.25. The van der Waals surface area contributed by atoms with E-state index in [1.54, 1.807) is 7.05 Å². The molecule has 1 aliphatic heterocycles. The number of nitrogens with one attached hydrogen (secondary N) is 1. The Hall–Kier alpha value is -1.56. The van der Waals surface area contributed by atoms with Crippen molar-refractivity contribution in [2.75, 3.05) is 33.2 Å². The first kappa shape index (κ1) is 22.7. The molecule has 10 heteroatoms. The summed E-state index contributed by atoms with van der Waals surface area (Å²) in [6.45, 7) is 5.47. The predicted octanol–water partition coefficient (Wildman–Crippen LogP) is 2.90. The molecule has 0 amide bonds. The molecule has 1 N–H and O–H groups in total. The van der Waals surface area contributed by atoms with Gasteiger partial charge in [-0.2, -0.15) is 13.2 Å². The molecular formula is C18H26F3IN6. The van der Waals surface area contributed by atoms with Gasteiger partial charge in [-0.25, -0.2) is 4.98 Å². The second-order valence-electron chi connectivity index (χ2n) is 6.84. The third-order valence-electron chi connectivity index (χ3n) is 4.94. The van der Waals surface area contributed by atoms with Gasteiger partial charge in [-0.05, 0) is 31.5 Å². The lowest BCUT2D eigenvalue weighted by molar-refractivity contribution is -0.181. The van der Waals surface area contributed by atoms with Crippen LogP contribution in [-0.4, -0.2) is 70.6 Å². The summed E-state index contributed by atoms with van der Waals surface area (Å²) in [5.74, 6) is 0.683. The van der Waals surface area contributed by atoms with E-state index >= 15 is 0 Å². The van der Waals surface area contributed by atoms with E-state index in [4.69, 9.17) is 0 Å². The standard InChI is InChI=1S/C18H25F3N6.HI/c1-13-4-5-27-12-15(24-16(27)10-13)11-23-17(22-3)26-8-6-25(7-9-26)14(2)18(19,20)21;/h4-5,10,12,14H,6-9,11H2,1-3H3,(H,22,23);1H. The molecule has 0 aromatic carbocycles. The molecule has 1 unspecified atom stereocenters. The van der Waals surface area contributed by atoms with Crippen LogP contribution in [0.3, 0.4) is 0 Å². The Kier molecular flexibility index (Phi) is 7.54. The van der Waals surface area contributed by atoms with Crippen LogP contribution in [0.4, 0.5) is 13.2 Å². The number of halogens is 4. The van der Waals surface area contributed by atoms with Gasteiger partial charge < -0.3 is 14.6 Å². The highest BCUT2D eigenvalue weighted by Gasteiger charge is 2.41. The number of hydrogen-bond donors (Lipinski definition) is 1. The Morgan fingerprint density at radius 2 is 1.96 bits per heavy atom. The Morgan fingerprint density at radius 1 is 1.29 bits per heavy atom. The number of imidazole rings is 1. The Morgan fingerprint density at radius 3 is 2.57 bits per heavy atom. The summed E-state index contributed by atoms with van der Waals surface area (Å²) in [5, 5.41) is 3.26. The summed E-state index contributed by atoms with van der Waals surface area (Å²) in [6, 6.07) is 2.61. The largest absolute Gasteiger partial charge is 0.403 e. The Bertz CT molecular complexity index is 811. The predicted molar refractivity (Wildman–Crippen MR) is 114 cm³/mol. The van der Waals surface area contributed by atoms with Gasteiger partial charge in [0.25, 0.3) is 0 Å². The van der Waals surface area contributed by atoms with Crippen molar-refractivity contribution in [2.24, 2.45) is 4.99 Å². The first-order chi connectivity index (χ1) is 12.8. The maximum Gasteiger partial charge on any atom is 0.403 e. The molecule has 28 heavy (non-hydrogen) atoms. The summed E-state index contributed by atoms with van der Waals surface area (Å²) < 4.78 is 40.6. The molecule has 6 nitrogen and oxygen atoms in total. The van der Waals surface area contributed by atoms with Gasteiger partial charge in [-0.1, -0.05) is 0 Å². The number of pyridine rings is 1. The SMILES string of the molecule is CN=C(NCc1cn2ccc(C)cc2n1)N1CCN(C(C)C(F)(F)F)CC1.I. The van der Waals surface area contributed by atoms with Gasteiger partial charge in [0.1, 0.15) is 11.7 Å². The maximum absolute atomic E-state index is 12.9. The van der Waals surface area contributed by atoms with Crippen molar-refractivity contribution in [2.45, 2.75) is 32.6 Å². The van der Waals surface area contributed by atoms with Crippen LogP contribution >= 0.6 is 24.0 Å². The quantitative estimate of drug-likeness (QED) is 0.392. The van der Waals surface area contributed by atoms with Crippen molar-refractivity contribution in [1.82, 2.24) is 24.5 Å². The number of aromatic nitrogens is 2. The van der Waals surface area contributed by atoms with Gasteiger partial charge in [-0.15, -0.1) is 24.0 Å². The average Bonchev–Trinajstić information content (AvgIpc) is 3.03. The van der Waals surface area contributed by atoms with Gasteiger partial charge in [-0.3, -0.25) is 9.89 Å². The fourth-order valence-corrected chi connectivity index (χ4v) is 3.25. The van der Waals surface area contributed by atoms with Crippen molar-refractivity contribution in [3.8, 4) is 0 Å². The second-order valence-corrected chi connectivity index (χ2v) is 6.84. The van der Waals surface area contributed by atoms with E-state index in [1.165, 1.54) is 11.8 Å². The Labute approximate surface area is 179 Å². The topological polar surface area (TPSA) is 48.2 Å². The van der Waals surface area contributed by atoms with Gasteiger partial charge in [0, 0.05) is 45.6 Å². The van der Waals surface area contributed by atoms with Gasteiger partial charge in [0.05, 0.1) is 12.2 Å². The highest BCUT2D eigenvalue weighted by Crippen LogP contribution is 2.25. The maximum atomic E-state index is 12.9. The number of aliphatic imine (C=N–C) groups is 1. The highest BCUT2D eigenvalue weighted by molar-refractivity contribution is 14.0. The molecule has 2 aromatic rings. The van der Waals surface area contributed by atoms with Crippen LogP contribution in [0.5, 0.6) is 0 Å². The molecule has 0 bridgehead atoms. The zero-order chi connectivity index (χ0) is 19.6. The van der Waals surface area contributed by atoms with E-state index in [2.05, 4.69) is 15.3 Å². The molecule has 1 atom stereocenters. The van der Waals surface area contributed by atoms with Crippen molar-refractivity contribution in [1.29, 1.82) is 0 Å². The Balaban J connectivity index is 0.00000280. The van der Waals surface area contributed by atoms with Gasteiger partial charge >= 0.3 is 6.18 Å². The van der Waals surface area contributed by atoms with Crippen LogP contribution in [0, 0.1) is 6.92 Å². The van der Waals surface area contributed by atoms with Crippen molar-refractivity contribution < 1.29 is 13.2 Å². The van der Waals surface area contributed by atoms with E-state index in [1.807, 2.05) is 40.8 Å². The number of nitrogens with zero attached hydrogens (tertiary/aromatic N) is 5. The molecule has 0 spiro atoms. The van der Waals surface area contributed by atoms with Crippen LogP contribution in [-0.2, 0) is 6.54 Å². The molecule has 1 aliphatic rings. The van der Waals surface area contributed by atoms with E-state index < -0.39 is 12.2 Å². The smallest absolute Gasteiger partial charge is 0.351 e. The normalized spacial score (nSPS) is 17.5. The molecule has 0 aliphatic carbocycles. The third kappa shape index (κ3) is 5.28. The van der Waals surface area contributed by atoms with E-state index in [0.717, 1.165) is 16.9 Å². The summed E-state index contributed by atoms with van der Waals surface area (Å²) >= 11 is 0. The lowest BCUT2D eigenvalue weighted by Crippen LogP contribution is -2.56.